The van der Waals surface area contributed by atoms with Crippen molar-refractivity contribution in [2.75, 3.05) is 13.3 Å². The van der Waals surface area contributed by atoms with E-state index in [-0.39, 0.29) is 12.9 Å². The van der Waals surface area contributed by atoms with Crippen LogP contribution in [0.4, 0.5) is 0 Å². The van der Waals surface area contributed by atoms with Crippen LogP contribution in [-0.2, 0) is 0 Å². The highest BCUT2D eigenvalue weighted by atomic mass is 79.9. The molecule has 0 fully saturated rings. The van der Waals surface area contributed by atoms with Crippen molar-refractivity contribution in [2.45, 2.75) is 12.5 Å². The van der Waals surface area contributed by atoms with Crippen molar-refractivity contribution in [2.24, 2.45) is 5.73 Å². The van der Waals surface area contributed by atoms with E-state index < -0.39 is 0 Å². The Morgan fingerprint density at radius 3 is 2.95 bits per heavy atom. The van der Waals surface area contributed by atoms with Gasteiger partial charge in [0, 0.05) is 11.3 Å². The highest BCUT2D eigenvalue weighted by molar-refractivity contribution is 9.11. The monoisotopic (exact) mass is 355 g/mol. The van der Waals surface area contributed by atoms with Crippen LogP contribution in [0.25, 0.3) is 0 Å². The third kappa shape index (κ3) is 2.77. The van der Waals surface area contributed by atoms with Crippen molar-refractivity contribution in [3.63, 3.8) is 0 Å². The fourth-order valence-electron chi connectivity index (χ4n) is 2.06. The first-order chi connectivity index (χ1) is 9.78. The quantitative estimate of drug-likeness (QED) is 0.888. The van der Waals surface area contributed by atoms with Crippen LogP contribution >= 0.6 is 27.3 Å². The second kappa shape index (κ2) is 6.03. The minimum absolute atomic E-state index is 0.0769. The Labute approximate surface area is 129 Å². The van der Waals surface area contributed by atoms with Gasteiger partial charge < -0.3 is 19.9 Å². The van der Waals surface area contributed by atoms with E-state index >= 15 is 0 Å². The van der Waals surface area contributed by atoms with Gasteiger partial charge >= 0.3 is 0 Å². The van der Waals surface area contributed by atoms with Crippen LogP contribution in [0.2, 0.25) is 0 Å². The third-order valence-electron chi connectivity index (χ3n) is 2.97. The maximum atomic E-state index is 6.10. The molecule has 20 heavy (non-hydrogen) atoms. The summed E-state index contributed by atoms with van der Waals surface area (Å²) in [5.74, 6) is 2.09. The van der Waals surface area contributed by atoms with Gasteiger partial charge in [-0.1, -0.05) is 6.07 Å². The van der Waals surface area contributed by atoms with E-state index in [0.29, 0.717) is 18.0 Å². The molecule has 0 spiro atoms. The standard InChI is InChI=1S/C14H14BrNO3S/c15-13-5-4-12(20-13)9(6-7-16)19-11-3-1-2-10-14(11)18-8-17-10/h1-5,9H,6-8,16H2. The molecule has 0 radical (unpaired) electrons. The third-order valence-corrected chi connectivity index (χ3v) is 4.69. The zero-order valence-corrected chi connectivity index (χ0v) is 13.1. The first kappa shape index (κ1) is 13.7. The molecule has 2 N–H and O–H groups in total. The molecule has 2 aromatic rings. The maximum Gasteiger partial charge on any atom is 0.231 e. The first-order valence-corrected chi connectivity index (χ1v) is 7.89. The lowest BCUT2D eigenvalue weighted by Gasteiger charge is -2.18. The van der Waals surface area contributed by atoms with Crippen LogP contribution in [0.5, 0.6) is 17.2 Å². The molecule has 1 aromatic carbocycles. The van der Waals surface area contributed by atoms with E-state index in [2.05, 4.69) is 22.0 Å². The van der Waals surface area contributed by atoms with E-state index in [1.54, 1.807) is 11.3 Å². The van der Waals surface area contributed by atoms with Gasteiger partial charge in [-0.25, -0.2) is 0 Å². The van der Waals surface area contributed by atoms with E-state index in [4.69, 9.17) is 19.9 Å². The molecule has 1 unspecified atom stereocenters. The zero-order valence-electron chi connectivity index (χ0n) is 10.7. The van der Waals surface area contributed by atoms with E-state index in [0.717, 1.165) is 20.8 Å². The van der Waals surface area contributed by atoms with E-state index in [9.17, 15) is 0 Å². The molecule has 0 saturated carbocycles. The highest BCUT2D eigenvalue weighted by Gasteiger charge is 2.22. The van der Waals surface area contributed by atoms with Gasteiger partial charge in [0.2, 0.25) is 12.5 Å². The number of thiophene rings is 1. The topological polar surface area (TPSA) is 53.7 Å². The molecule has 1 aliphatic heterocycles. The summed E-state index contributed by atoms with van der Waals surface area (Å²) in [6.07, 6.45) is 0.671. The highest BCUT2D eigenvalue weighted by Crippen LogP contribution is 2.43. The summed E-state index contributed by atoms with van der Waals surface area (Å²) < 4.78 is 18.0. The predicted molar refractivity (Wildman–Crippen MR) is 81.6 cm³/mol. The Kier molecular flexibility index (Phi) is 4.14. The number of hydrogen-bond donors (Lipinski definition) is 1. The summed E-state index contributed by atoms with van der Waals surface area (Å²) in [7, 11) is 0. The number of para-hydroxylation sites is 1. The SMILES string of the molecule is NCCC(Oc1cccc2c1OCO2)c1ccc(Br)s1. The lowest BCUT2D eigenvalue weighted by Crippen LogP contribution is -2.12. The molecule has 0 saturated heterocycles. The predicted octanol–water partition coefficient (Wildman–Crippen LogP) is 3.71. The first-order valence-electron chi connectivity index (χ1n) is 6.28. The van der Waals surface area contributed by atoms with Gasteiger partial charge in [0.05, 0.1) is 3.79 Å². The van der Waals surface area contributed by atoms with E-state index in [1.165, 1.54) is 0 Å². The van der Waals surface area contributed by atoms with Crippen molar-refractivity contribution in [3.05, 3.63) is 39.0 Å². The summed E-state index contributed by atoms with van der Waals surface area (Å²) in [4.78, 5) is 1.14. The molecule has 6 heteroatoms. The van der Waals surface area contributed by atoms with Gasteiger partial charge in [-0.3, -0.25) is 0 Å². The Bertz CT molecular complexity index is 602. The average Bonchev–Trinajstić information content (AvgIpc) is 3.07. The van der Waals surface area contributed by atoms with Crippen LogP contribution in [0, 0.1) is 0 Å². The van der Waals surface area contributed by atoms with E-state index in [1.807, 2.05) is 24.3 Å². The van der Waals surface area contributed by atoms with Crippen molar-refractivity contribution in [1.82, 2.24) is 0 Å². The molecule has 106 valence electrons. The van der Waals surface area contributed by atoms with Gasteiger partial charge in [-0.15, -0.1) is 11.3 Å². The Morgan fingerprint density at radius 1 is 1.30 bits per heavy atom. The number of rotatable bonds is 5. The zero-order chi connectivity index (χ0) is 13.9. The van der Waals surface area contributed by atoms with Crippen molar-refractivity contribution < 1.29 is 14.2 Å². The van der Waals surface area contributed by atoms with Crippen molar-refractivity contribution in [3.8, 4) is 17.2 Å². The van der Waals surface area contributed by atoms with Crippen LogP contribution < -0.4 is 19.9 Å². The minimum Gasteiger partial charge on any atom is -0.481 e. The lowest BCUT2D eigenvalue weighted by molar-refractivity contribution is 0.159. The van der Waals surface area contributed by atoms with Gasteiger partial charge in [0.1, 0.15) is 6.10 Å². The minimum atomic E-state index is -0.0769. The van der Waals surface area contributed by atoms with Gasteiger partial charge in [-0.2, -0.15) is 0 Å². The molecule has 0 bridgehead atoms. The smallest absolute Gasteiger partial charge is 0.231 e. The number of fused-ring (bicyclic) bond motifs is 1. The van der Waals surface area contributed by atoms with Gasteiger partial charge in [0.25, 0.3) is 0 Å². The molecule has 1 aromatic heterocycles. The Hall–Kier alpha value is -1.24. The fourth-order valence-corrected chi connectivity index (χ4v) is 3.55. The summed E-state index contributed by atoms with van der Waals surface area (Å²) in [6.45, 7) is 0.800. The summed E-state index contributed by atoms with van der Waals surface area (Å²) in [6, 6.07) is 9.72. The average molecular weight is 356 g/mol. The molecule has 3 rings (SSSR count). The number of benzene rings is 1. The molecule has 1 aliphatic rings. The number of halogens is 1. The molecule has 0 aliphatic carbocycles. The number of nitrogens with two attached hydrogens (primary N) is 1. The number of ether oxygens (including phenoxy) is 3. The second-order valence-electron chi connectivity index (χ2n) is 4.32. The van der Waals surface area contributed by atoms with Crippen LogP contribution in [0.15, 0.2) is 34.1 Å². The molecule has 2 heterocycles. The Morgan fingerprint density at radius 2 is 2.20 bits per heavy atom. The van der Waals surface area contributed by atoms with Gasteiger partial charge in [-0.05, 0) is 46.7 Å². The summed E-state index contributed by atoms with van der Waals surface area (Å²) in [5.41, 5.74) is 5.70. The molecular weight excluding hydrogens is 342 g/mol. The van der Waals surface area contributed by atoms with Crippen LogP contribution in [0.3, 0.4) is 0 Å². The van der Waals surface area contributed by atoms with Crippen molar-refractivity contribution in [1.29, 1.82) is 0 Å². The largest absolute Gasteiger partial charge is 0.481 e. The molecular formula is C14H14BrNO3S. The van der Waals surface area contributed by atoms with Crippen LogP contribution in [0.1, 0.15) is 17.4 Å². The van der Waals surface area contributed by atoms with Gasteiger partial charge in [0.15, 0.2) is 11.5 Å². The summed E-state index contributed by atoms with van der Waals surface area (Å²) >= 11 is 5.13. The van der Waals surface area contributed by atoms with Crippen molar-refractivity contribution >= 4 is 27.3 Å². The van der Waals surface area contributed by atoms with Crippen LogP contribution in [-0.4, -0.2) is 13.3 Å². The number of hydrogen-bond acceptors (Lipinski definition) is 5. The summed E-state index contributed by atoms with van der Waals surface area (Å²) in [5, 5.41) is 0. The maximum absolute atomic E-state index is 6.10. The second-order valence-corrected chi connectivity index (χ2v) is 6.81. The normalized spacial score (nSPS) is 14.3. The molecule has 0 amide bonds. The Balaban J connectivity index is 1.85. The fraction of sp³-hybridized carbons (Fsp3) is 0.286. The molecule has 1 atom stereocenters. The lowest BCUT2D eigenvalue weighted by atomic mass is 10.2. The molecule has 4 nitrogen and oxygen atoms in total.